The second kappa shape index (κ2) is 13.5. The Morgan fingerprint density at radius 3 is 2.24 bits per heavy atom. The van der Waals surface area contributed by atoms with E-state index >= 15 is 0 Å². The van der Waals surface area contributed by atoms with Crippen molar-refractivity contribution in [1.82, 2.24) is 24.5 Å². The zero-order valence-electron chi connectivity index (χ0n) is 21.0. The maximum atomic E-state index is 10.6. The summed E-state index contributed by atoms with van der Waals surface area (Å²) >= 11 is 1.75. The van der Waals surface area contributed by atoms with Crippen LogP contribution in [0, 0.1) is 0 Å². The molecule has 220 valence electrons. The topological polar surface area (TPSA) is 121 Å². The molecule has 5 rings (SSSR count). The van der Waals surface area contributed by atoms with E-state index in [9.17, 15) is 26.3 Å². The average molecular weight is 604 g/mol. The van der Waals surface area contributed by atoms with Gasteiger partial charge in [-0.15, -0.1) is 11.3 Å². The van der Waals surface area contributed by atoms with Crippen LogP contribution < -0.4 is 0 Å². The monoisotopic (exact) mass is 603 g/mol. The molecule has 0 bridgehead atoms. The number of likely N-dealkylation sites (tertiary alicyclic amines) is 1. The summed E-state index contributed by atoms with van der Waals surface area (Å²) in [5.41, 5.74) is 3.38. The third kappa shape index (κ3) is 9.53. The Bertz CT molecular complexity index is 1400. The first-order valence-electron chi connectivity index (χ1n) is 11.9. The van der Waals surface area contributed by atoms with E-state index in [1.807, 2.05) is 23.0 Å². The van der Waals surface area contributed by atoms with Crippen LogP contribution in [0.1, 0.15) is 30.1 Å². The largest absolute Gasteiger partial charge is 0.490 e. The van der Waals surface area contributed by atoms with Gasteiger partial charge in [0.15, 0.2) is 11.5 Å². The van der Waals surface area contributed by atoms with Crippen LogP contribution in [-0.2, 0) is 16.1 Å². The second-order valence-corrected chi connectivity index (χ2v) is 9.66. The molecular formula is C25H23F6N5O4S. The molecule has 2 N–H and O–H groups in total. The second-order valence-electron chi connectivity index (χ2n) is 8.71. The van der Waals surface area contributed by atoms with Gasteiger partial charge in [-0.25, -0.2) is 19.1 Å². The minimum Gasteiger partial charge on any atom is -0.475 e. The molecule has 1 fully saturated rings. The van der Waals surface area contributed by atoms with Crippen LogP contribution in [0.15, 0.2) is 60.4 Å². The van der Waals surface area contributed by atoms with Crippen LogP contribution in [-0.4, -0.2) is 72.1 Å². The van der Waals surface area contributed by atoms with E-state index in [0.29, 0.717) is 5.92 Å². The number of halogens is 6. The molecule has 41 heavy (non-hydrogen) atoms. The molecule has 16 heteroatoms. The van der Waals surface area contributed by atoms with Gasteiger partial charge in [-0.3, -0.25) is 9.88 Å². The zero-order chi connectivity index (χ0) is 30.2. The highest BCUT2D eigenvalue weighted by molar-refractivity contribution is 7.13. The van der Waals surface area contributed by atoms with Gasteiger partial charge in [0.25, 0.3) is 0 Å². The fraction of sp³-hybridized carbons (Fsp3) is 0.320. The number of alkyl halides is 6. The van der Waals surface area contributed by atoms with Gasteiger partial charge < -0.3 is 10.2 Å². The first-order chi connectivity index (χ1) is 19.2. The van der Waals surface area contributed by atoms with Crippen LogP contribution in [0.3, 0.4) is 0 Å². The van der Waals surface area contributed by atoms with Gasteiger partial charge in [-0.1, -0.05) is 12.1 Å². The normalized spacial score (nSPS) is 15.8. The molecule has 0 aromatic carbocycles. The third-order valence-electron chi connectivity index (χ3n) is 5.64. The lowest BCUT2D eigenvalue weighted by Crippen LogP contribution is -2.34. The quantitative estimate of drug-likeness (QED) is 0.294. The molecule has 0 spiro atoms. The molecule has 0 aliphatic carbocycles. The number of carboxylic acids is 2. The Balaban J connectivity index is 0.000000276. The standard InChI is InChI=1S/C21H21N5S.2C2HF3O2/c1-4-16(12-22-9-1)13-25-10-2-5-18(14-25)21-23-20-8-7-17(15-26(20)24-21)19-6-3-11-27-19;2*3-2(4,5)1(6)7/h1,3-4,6-9,11-12,15,18H,2,5,10,13-14H2;2*(H,6,7). The molecular weight excluding hydrogens is 580 g/mol. The summed E-state index contributed by atoms with van der Waals surface area (Å²) in [4.78, 5) is 30.6. The number of aromatic nitrogens is 4. The molecule has 0 radical (unpaired) electrons. The molecule has 4 aromatic rings. The first kappa shape index (κ1) is 31.5. The summed E-state index contributed by atoms with van der Waals surface area (Å²) in [5.74, 6) is -4.16. The summed E-state index contributed by atoms with van der Waals surface area (Å²) in [6.07, 6.45) is -1.96. The van der Waals surface area contributed by atoms with Gasteiger partial charge in [-0.05, 0) is 54.6 Å². The summed E-state index contributed by atoms with van der Waals surface area (Å²) in [6, 6.07) is 12.6. The summed E-state index contributed by atoms with van der Waals surface area (Å²) in [7, 11) is 0. The maximum Gasteiger partial charge on any atom is 0.490 e. The van der Waals surface area contributed by atoms with Crippen molar-refractivity contribution in [2.45, 2.75) is 37.7 Å². The van der Waals surface area contributed by atoms with Crippen LogP contribution in [0.4, 0.5) is 26.3 Å². The van der Waals surface area contributed by atoms with Crippen LogP contribution in [0.25, 0.3) is 16.1 Å². The molecule has 1 saturated heterocycles. The van der Waals surface area contributed by atoms with E-state index in [4.69, 9.17) is 29.9 Å². The van der Waals surface area contributed by atoms with Gasteiger partial charge in [0, 0.05) is 48.0 Å². The van der Waals surface area contributed by atoms with Crippen LogP contribution >= 0.6 is 11.3 Å². The van der Waals surface area contributed by atoms with Gasteiger partial charge in [0.1, 0.15) is 0 Å². The van der Waals surface area contributed by atoms with E-state index in [1.54, 1.807) is 11.3 Å². The molecule has 1 unspecified atom stereocenters. The van der Waals surface area contributed by atoms with Gasteiger partial charge >= 0.3 is 24.3 Å². The van der Waals surface area contributed by atoms with E-state index in [0.717, 1.165) is 37.5 Å². The Morgan fingerprint density at radius 2 is 1.68 bits per heavy atom. The van der Waals surface area contributed by atoms with Crippen molar-refractivity contribution in [1.29, 1.82) is 0 Å². The lowest BCUT2D eigenvalue weighted by molar-refractivity contribution is -0.193. The smallest absolute Gasteiger partial charge is 0.475 e. The van der Waals surface area contributed by atoms with E-state index < -0.39 is 24.3 Å². The third-order valence-corrected chi connectivity index (χ3v) is 6.56. The minimum atomic E-state index is -5.08. The molecule has 0 saturated carbocycles. The van der Waals surface area contributed by atoms with Crippen LogP contribution in [0.5, 0.6) is 0 Å². The molecule has 1 aliphatic rings. The lowest BCUT2D eigenvalue weighted by Gasteiger charge is -2.31. The highest BCUT2D eigenvalue weighted by Crippen LogP contribution is 2.28. The van der Waals surface area contributed by atoms with Gasteiger partial charge in [0.05, 0.1) is 0 Å². The number of thiophene rings is 1. The average Bonchev–Trinajstić information content (AvgIpc) is 3.59. The predicted octanol–water partition coefficient (Wildman–Crippen LogP) is 5.50. The van der Waals surface area contributed by atoms with Crippen molar-refractivity contribution in [3.8, 4) is 10.4 Å². The lowest BCUT2D eigenvalue weighted by atomic mass is 9.97. The number of carbonyl (C=O) groups is 2. The molecule has 1 aliphatic heterocycles. The maximum absolute atomic E-state index is 10.6. The van der Waals surface area contributed by atoms with Crippen LogP contribution in [0.2, 0.25) is 0 Å². The van der Waals surface area contributed by atoms with E-state index in [-0.39, 0.29) is 0 Å². The molecule has 1 atom stereocenters. The van der Waals surface area contributed by atoms with Crippen molar-refractivity contribution >= 4 is 28.9 Å². The van der Waals surface area contributed by atoms with Crippen molar-refractivity contribution in [2.75, 3.05) is 13.1 Å². The minimum absolute atomic E-state index is 0.389. The zero-order valence-corrected chi connectivity index (χ0v) is 21.8. The molecule has 0 amide bonds. The Hall–Kier alpha value is -4.05. The molecule has 9 nitrogen and oxygen atoms in total. The SMILES string of the molecule is O=C(O)C(F)(F)F.O=C(O)C(F)(F)F.c1cncc(CN2CCCC(c3nc4ccc(-c5cccs5)cn4n3)C2)c1. The van der Waals surface area contributed by atoms with E-state index in [1.165, 1.54) is 22.4 Å². The number of hydrogen-bond acceptors (Lipinski definition) is 7. The van der Waals surface area contributed by atoms with Gasteiger partial charge in [-0.2, -0.15) is 31.4 Å². The van der Waals surface area contributed by atoms with Crippen molar-refractivity contribution < 1.29 is 46.1 Å². The fourth-order valence-corrected chi connectivity index (χ4v) is 4.54. The highest BCUT2D eigenvalue weighted by Gasteiger charge is 2.38. The fourth-order valence-electron chi connectivity index (χ4n) is 3.82. The first-order valence-corrected chi connectivity index (χ1v) is 12.7. The Labute approximate surface area is 232 Å². The number of fused-ring (bicyclic) bond motifs is 1. The molecule has 5 heterocycles. The number of piperidine rings is 1. The van der Waals surface area contributed by atoms with Crippen molar-refractivity contribution in [3.63, 3.8) is 0 Å². The van der Waals surface area contributed by atoms with Gasteiger partial charge in [0.2, 0.25) is 0 Å². The predicted molar refractivity (Wildman–Crippen MR) is 135 cm³/mol. The number of rotatable bonds is 4. The van der Waals surface area contributed by atoms with E-state index in [2.05, 4.69) is 51.8 Å². The number of aliphatic carboxylic acids is 2. The Morgan fingerprint density at radius 1 is 1.00 bits per heavy atom. The number of nitrogens with zero attached hydrogens (tertiary/aromatic N) is 5. The number of hydrogen-bond donors (Lipinski definition) is 2. The summed E-state index contributed by atoms with van der Waals surface area (Å²) in [5, 5.41) is 21.2. The van der Waals surface area contributed by atoms with Crippen molar-refractivity contribution in [2.24, 2.45) is 0 Å². The van der Waals surface area contributed by atoms with Crippen molar-refractivity contribution in [3.05, 3.63) is 71.8 Å². The highest BCUT2D eigenvalue weighted by atomic mass is 32.1. The summed E-state index contributed by atoms with van der Waals surface area (Å²) < 4.78 is 65.4. The summed E-state index contributed by atoms with van der Waals surface area (Å²) in [6.45, 7) is 3.07. The number of carboxylic acid groups (broad SMARTS) is 2. The number of pyridine rings is 2. The molecule has 4 aromatic heterocycles. The Kier molecular flexibility index (Phi) is 10.4.